The highest BCUT2D eigenvalue weighted by Gasteiger charge is 2.52. The summed E-state index contributed by atoms with van der Waals surface area (Å²) in [4.78, 5) is 14.9. The minimum absolute atomic E-state index is 0.266. The van der Waals surface area contributed by atoms with Crippen LogP contribution in [0.5, 0.6) is 0 Å². The quantitative estimate of drug-likeness (QED) is 0.762. The second kappa shape index (κ2) is 3.85. The van der Waals surface area contributed by atoms with Crippen LogP contribution >= 0.6 is 0 Å². The fourth-order valence-corrected chi connectivity index (χ4v) is 2.60. The second-order valence-corrected chi connectivity index (χ2v) is 5.11. The van der Waals surface area contributed by atoms with Crippen molar-refractivity contribution in [2.24, 2.45) is 0 Å². The maximum absolute atomic E-state index is 11.6. The van der Waals surface area contributed by atoms with Crippen LogP contribution in [0.2, 0.25) is 0 Å². The zero-order valence-electron chi connectivity index (χ0n) is 8.11. The van der Waals surface area contributed by atoms with Gasteiger partial charge in [-0.2, -0.15) is 0 Å². The fourth-order valence-electron chi connectivity index (χ4n) is 1.27. The maximum Gasteiger partial charge on any atom is 0.353 e. The summed E-state index contributed by atoms with van der Waals surface area (Å²) in [7, 11) is -3.70. The van der Waals surface area contributed by atoms with Gasteiger partial charge in [-0.25, -0.2) is 18.0 Å². The van der Waals surface area contributed by atoms with E-state index in [2.05, 4.69) is 4.84 Å². The van der Waals surface area contributed by atoms with Gasteiger partial charge in [0.15, 0.2) is 0 Å². The molecule has 1 heterocycles. The number of hydrogen-bond donors (Lipinski definition) is 1. The third kappa shape index (κ3) is 2.21. The van der Waals surface area contributed by atoms with Gasteiger partial charge in [-0.3, -0.25) is 0 Å². The molecule has 1 aliphatic heterocycles. The largest absolute Gasteiger partial charge is 0.478 e. The van der Waals surface area contributed by atoms with Crippen molar-refractivity contribution >= 4 is 16.0 Å². The number of carboxylic acids is 1. The van der Waals surface area contributed by atoms with E-state index in [-0.39, 0.29) is 5.75 Å². The first-order chi connectivity index (χ1) is 7.50. The van der Waals surface area contributed by atoms with E-state index in [1.807, 2.05) is 0 Å². The molecule has 0 aliphatic carbocycles. The van der Waals surface area contributed by atoms with E-state index < -0.39 is 22.2 Å². The van der Waals surface area contributed by atoms with Crippen LogP contribution in [0, 0.1) is 0 Å². The molecule has 1 N–H and O–H groups in total. The summed E-state index contributed by atoms with van der Waals surface area (Å²) in [6, 6.07) is 8.49. The Morgan fingerprint density at radius 2 is 2.00 bits per heavy atom. The Hall–Kier alpha value is -1.44. The highest BCUT2D eigenvalue weighted by molar-refractivity contribution is 7.88. The first-order valence-electron chi connectivity index (χ1n) is 4.46. The molecular weight excluding hydrogens is 234 g/mol. The summed E-state index contributed by atoms with van der Waals surface area (Å²) in [6.07, 6.45) is -1.37. The Bertz CT molecular complexity index is 498. The molecule has 0 radical (unpaired) electrons. The number of sulfonamides is 1. The molecule has 2 rings (SSSR count). The van der Waals surface area contributed by atoms with Gasteiger partial charge < -0.3 is 5.11 Å². The molecule has 0 bridgehead atoms. The van der Waals surface area contributed by atoms with Gasteiger partial charge in [-0.05, 0) is 10.0 Å². The van der Waals surface area contributed by atoms with Crippen molar-refractivity contribution in [3.05, 3.63) is 35.9 Å². The van der Waals surface area contributed by atoms with Gasteiger partial charge >= 0.3 is 5.97 Å². The standard InChI is InChI=1S/C9H9NO5S/c11-9(12)8-10(15-8)16(13,14)6-7-4-2-1-3-5-7/h1-5,8H,6H2,(H,11,12). The van der Waals surface area contributed by atoms with Crippen molar-refractivity contribution in [1.82, 2.24) is 4.47 Å². The molecule has 0 amide bonds. The molecule has 2 unspecified atom stereocenters. The van der Waals surface area contributed by atoms with Crippen LogP contribution in [0.4, 0.5) is 0 Å². The van der Waals surface area contributed by atoms with Crippen molar-refractivity contribution in [3.63, 3.8) is 0 Å². The van der Waals surface area contributed by atoms with Crippen LogP contribution in [0.1, 0.15) is 5.56 Å². The van der Waals surface area contributed by atoms with E-state index in [1.54, 1.807) is 30.3 Å². The van der Waals surface area contributed by atoms with E-state index in [4.69, 9.17) is 5.11 Å². The third-order valence-electron chi connectivity index (χ3n) is 2.03. The molecule has 1 aliphatic rings. The summed E-state index contributed by atoms with van der Waals surface area (Å²) < 4.78 is 23.7. The van der Waals surface area contributed by atoms with Crippen LogP contribution < -0.4 is 0 Å². The summed E-state index contributed by atoms with van der Waals surface area (Å²) in [5.41, 5.74) is 0.585. The van der Waals surface area contributed by atoms with E-state index in [1.165, 1.54) is 0 Å². The lowest BCUT2D eigenvalue weighted by Gasteiger charge is -2.01. The average molecular weight is 243 g/mol. The number of carboxylic acid groups (broad SMARTS) is 1. The zero-order chi connectivity index (χ0) is 11.8. The minimum Gasteiger partial charge on any atom is -0.478 e. The van der Waals surface area contributed by atoms with Gasteiger partial charge in [0.2, 0.25) is 10.0 Å². The van der Waals surface area contributed by atoms with Crippen molar-refractivity contribution in [3.8, 4) is 0 Å². The van der Waals surface area contributed by atoms with Crippen molar-refractivity contribution in [2.45, 2.75) is 12.0 Å². The monoisotopic (exact) mass is 243 g/mol. The molecule has 1 aromatic rings. The zero-order valence-corrected chi connectivity index (χ0v) is 8.92. The van der Waals surface area contributed by atoms with Gasteiger partial charge in [0.1, 0.15) is 0 Å². The topological polar surface area (TPSA) is 87.0 Å². The number of aliphatic carboxylic acids is 1. The number of nitrogens with zero attached hydrogens (tertiary/aromatic N) is 1. The molecule has 0 aromatic heterocycles. The van der Waals surface area contributed by atoms with Gasteiger partial charge in [-0.15, -0.1) is 0 Å². The first-order valence-corrected chi connectivity index (χ1v) is 6.07. The van der Waals surface area contributed by atoms with E-state index in [0.29, 0.717) is 10.0 Å². The maximum atomic E-state index is 11.6. The third-order valence-corrected chi connectivity index (χ3v) is 3.55. The van der Waals surface area contributed by atoms with Crippen molar-refractivity contribution in [1.29, 1.82) is 0 Å². The normalized spacial score (nSPS) is 24.0. The highest BCUT2D eigenvalue weighted by Crippen LogP contribution is 2.27. The van der Waals surface area contributed by atoms with Gasteiger partial charge in [0.05, 0.1) is 5.75 Å². The Labute approximate surface area is 92.1 Å². The number of benzene rings is 1. The Morgan fingerprint density at radius 1 is 1.38 bits per heavy atom. The van der Waals surface area contributed by atoms with E-state index in [0.717, 1.165) is 0 Å². The summed E-state index contributed by atoms with van der Waals surface area (Å²) >= 11 is 0. The Morgan fingerprint density at radius 3 is 2.50 bits per heavy atom. The molecule has 0 saturated carbocycles. The van der Waals surface area contributed by atoms with Crippen LogP contribution in [-0.4, -0.2) is 30.2 Å². The predicted molar refractivity (Wildman–Crippen MR) is 53.4 cm³/mol. The second-order valence-electron chi connectivity index (χ2n) is 3.29. The minimum atomic E-state index is -3.70. The molecule has 1 saturated heterocycles. The summed E-state index contributed by atoms with van der Waals surface area (Å²) in [5, 5.41) is 8.52. The van der Waals surface area contributed by atoms with Gasteiger partial charge in [-0.1, -0.05) is 30.3 Å². The molecule has 6 nitrogen and oxygen atoms in total. The van der Waals surface area contributed by atoms with Crippen molar-refractivity contribution < 1.29 is 23.2 Å². The predicted octanol–water partition coefficient (Wildman–Crippen LogP) is 0.174. The lowest BCUT2D eigenvalue weighted by atomic mass is 10.2. The Kier molecular flexibility index (Phi) is 2.66. The molecular formula is C9H9NO5S. The molecule has 1 aromatic carbocycles. The molecule has 1 fully saturated rings. The van der Waals surface area contributed by atoms with Crippen LogP contribution in [0.15, 0.2) is 30.3 Å². The summed E-state index contributed by atoms with van der Waals surface area (Å²) in [6.45, 7) is 0. The molecule has 2 atom stereocenters. The molecule has 16 heavy (non-hydrogen) atoms. The van der Waals surface area contributed by atoms with Crippen LogP contribution in [-0.2, 0) is 25.4 Å². The SMILES string of the molecule is O=C(O)C1ON1S(=O)(=O)Cc1ccccc1. The first kappa shape index (κ1) is 11.1. The van der Waals surface area contributed by atoms with E-state index >= 15 is 0 Å². The van der Waals surface area contributed by atoms with Crippen LogP contribution in [0.3, 0.4) is 0 Å². The molecule has 0 spiro atoms. The van der Waals surface area contributed by atoms with Crippen molar-refractivity contribution in [2.75, 3.05) is 0 Å². The Balaban J connectivity index is 2.08. The van der Waals surface area contributed by atoms with Crippen LogP contribution in [0.25, 0.3) is 0 Å². The number of rotatable bonds is 4. The number of hydroxylamine groups is 1. The lowest BCUT2D eigenvalue weighted by molar-refractivity contribution is -0.138. The molecule has 7 heteroatoms. The highest BCUT2D eigenvalue weighted by atomic mass is 32.2. The summed E-state index contributed by atoms with van der Waals surface area (Å²) in [5.74, 6) is -1.57. The number of carbonyl (C=O) groups is 1. The fraction of sp³-hybridized carbons (Fsp3) is 0.222. The lowest BCUT2D eigenvalue weighted by Crippen LogP contribution is -2.20. The van der Waals surface area contributed by atoms with E-state index in [9.17, 15) is 13.2 Å². The average Bonchev–Trinajstić information content (AvgIpc) is 2.98. The smallest absolute Gasteiger partial charge is 0.353 e. The number of hydrogen-bond acceptors (Lipinski definition) is 4. The molecule has 86 valence electrons. The van der Waals surface area contributed by atoms with Gasteiger partial charge in [0.25, 0.3) is 6.23 Å². The van der Waals surface area contributed by atoms with Gasteiger partial charge in [0, 0.05) is 0 Å².